The lowest BCUT2D eigenvalue weighted by Crippen LogP contribution is -2.36. The summed E-state index contributed by atoms with van der Waals surface area (Å²) in [5, 5.41) is 22.8. The van der Waals surface area contributed by atoms with E-state index in [0.29, 0.717) is 30.0 Å². The van der Waals surface area contributed by atoms with Gasteiger partial charge in [0.2, 0.25) is 0 Å². The van der Waals surface area contributed by atoms with Gasteiger partial charge in [-0.1, -0.05) is 6.07 Å². The molecule has 1 atom stereocenters. The number of nitrogens with zero attached hydrogens (tertiary/aromatic N) is 2. The quantitative estimate of drug-likeness (QED) is 0.265. The molecule has 2 heterocycles. The Hall–Kier alpha value is -3.23. The fraction of sp³-hybridized carbons (Fsp3) is 0.286. The van der Waals surface area contributed by atoms with E-state index in [2.05, 4.69) is 10.3 Å². The number of hydrogen-bond acceptors (Lipinski definition) is 7. The van der Waals surface area contributed by atoms with E-state index in [9.17, 15) is 14.7 Å². The van der Waals surface area contributed by atoms with E-state index in [1.54, 1.807) is 48.8 Å². The van der Waals surface area contributed by atoms with Crippen LogP contribution in [-0.4, -0.2) is 65.1 Å². The highest BCUT2D eigenvalue weighted by molar-refractivity contribution is 6.46. The number of ketones is 1. The molecule has 1 amide bonds. The third kappa shape index (κ3) is 4.28. The minimum Gasteiger partial charge on any atom is -0.507 e. The van der Waals surface area contributed by atoms with Crippen molar-refractivity contribution in [2.75, 3.05) is 33.4 Å². The summed E-state index contributed by atoms with van der Waals surface area (Å²) in [4.78, 5) is 31.0. The van der Waals surface area contributed by atoms with Gasteiger partial charge >= 0.3 is 0 Å². The normalized spacial score (nSPS) is 18.3. The number of amides is 1. The Balaban J connectivity index is 2.02. The molecule has 0 spiro atoms. The van der Waals surface area contributed by atoms with E-state index in [4.69, 9.17) is 9.84 Å². The number of ether oxygens (including phenoxy) is 1. The summed E-state index contributed by atoms with van der Waals surface area (Å²) in [5.74, 6) is -1.06. The molecule has 152 valence electrons. The molecule has 8 nitrogen and oxygen atoms in total. The molecule has 1 fully saturated rings. The Labute approximate surface area is 168 Å². The molecule has 3 rings (SSSR count). The Bertz CT molecular complexity index is 896. The van der Waals surface area contributed by atoms with Crippen LogP contribution in [0, 0.1) is 0 Å². The number of carbonyl (C=O) groups is 2. The Morgan fingerprint density at radius 3 is 2.59 bits per heavy atom. The summed E-state index contributed by atoms with van der Waals surface area (Å²) in [6.07, 6.45) is 3.17. The first kappa shape index (κ1) is 20.5. The molecule has 1 aromatic carbocycles. The van der Waals surface area contributed by atoms with Gasteiger partial charge in [0.1, 0.15) is 11.5 Å². The lowest BCUT2D eigenvalue weighted by molar-refractivity contribution is -0.139. The van der Waals surface area contributed by atoms with Crippen LogP contribution in [0.3, 0.4) is 0 Å². The van der Waals surface area contributed by atoms with Crippen molar-refractivity contribution in [3.05, 3.63) is 65.5 Å². The van der Waals surface area contributed by atoms with Gasteiger partial charge in [-0.05, 0) is 35.9 Å². The fourth-order valence-electron chi connectivity index (χ4n) is 3.30. The number of aliphatic hydroxyl groups excluding tert-OH is 2. The van der Waals surface area contributed by atoms with Crippen molar-refractivity contribution in [3.63, 3.8) is 0 Å². The van der Waals surface area contributed by atoms with Gasteiger partial charge in [0.25, 0.3) is 11.7 Å². The second-order valence-electron chi connectivity index (χ2n) is 6.48. The van der Waals surface area contributed by atoms with Gasteiger partial charge in [0, 0.05) is 37.6 Å². The number of hydrogen-bond donors (Lipinski definition) is 3. The van der Waals surface area contributed by atoms with Gasteiger partial charge in [0.15, 0.2) is 0 Å². The number of Topliss-reactive ketones (excluding diaryl/α,β-unsaturated/α-hetero) is 1. The molecule has 1 unspecified atom stereocenters. The van der Waals surface area contributed by atoms with E-state index in [1.807, 2.05) is 0 Å². The van der Waals surface area contributed by atoms with Gasteiger partial charge in [0.05, 0.1) is 25.3 Å². The molecule has 0 aliphatic carbocycles. The predicted molar refractivity (Wildman–Crippen MR) is 106 cm³/mol. The molecule has 8 heteroatoms. The van der Waals surface area contributed by atoms with Crippen LogP contribution in [0.15, 0.2) is 54.4 Å². The van der Waals surface area contributed by atoms with Crippen LogP contribution >= 0.6 is 0 Å². The molecule has 3 N–H and O–H groups in total. The SMILES string of the molecule is COc1ccc(/C(O)=C2/C(=O)C(=O)N(CCNCCO)C2c2cccnc2)cc1. The van der Waals surface area contributed by atoms with Crippen molar-refractivity contribution < 1.29 is 24.5 Å². The minimum atomic E-state index is -0.748. The third-order valence-electron chi connectivity index (χ3n) is 4.72. The standard InChI is InChI=1S/C21H23N3O5/c1-29-16-6-4-14(5-7-16)19(26)17-18(15-3-2-8-23-13-15)24(21(28)20(17)27)11-9-22-10-12-25/h2-8,13,18,22,25-26H,9-12H2,1H3/b19-17-. The lowest BCUT2D eigenvalue weighted by Gasteiger charge is -2.25. The van der Waals surface area contributed by atoms with Crippen molar-refractivity contribution >= 4 is 17.4 Å². The summed E-state index contributed by atoms with van der Waals surface area (Å²) in [6.45, 7) is 0.992. The fourth-order valence-corrected chi connectivity index (χ4v) is 3.30. The second kappa shape index (κ2) is 9.31. The zero-order valence-electron chi connectivity index (χ0n) is 16.0. The predicted octanol–water partition coefficient (Wildman–Crippen LogP) is 1.09. The van der Waals surface area contributed by atoms with E-state index < -0.39 is 17.7 Å². The van der Waals surface area contributed by atoms with E-state index in [1.165, 1.54) is 12.0 Å². The number of aromatic nitrogens is 1. The van der Waals surface area contributed by atoms with Crippen molar-refractivity contribution in [2.24, 2.45) is 0 Å². The highest BCUT2D eigenvalue weighted by atomic mass is 16.5. The lowest BCUT2D eigenvalue weighted by atomic mass is 9.96. The second-order valence-corrected chi connectivity index (χ2v) is 6.48. The molecule has 29 heavy (non-hydrogen) atoms. The molecule has 0 saturated carbocycles. The molecule has 1 aliphatic rings. The smallest absolute Gasteiger partial charge is 0.295 e. The Kier molecular flexibility index (Phi) is 6.58. The number of aliphatic hydroxyl groups is 2. The minimum absolute atomic E-state index is 0.0234. The van der Waals surface area contributed by atoms with Crippen LogP contribution in [0.25, 0.3) is 5.76 Å². The zero-order valence-corrected chi connectivity index (χ0v) is 16.0. The van der Waals surface area contributed by atoms with Gasteiger partial charge in [-0.25, -0.2) is 0 Å². The third-order valence-corrected chi connectivity index (χ3v) is 4.72. The van der Waals surface area contributed by atoms with Gasteiger partial charge < -0.3 is 25.2 Å². The Morgan fingerprint density at radius 1 is 1.21 bits per heavy atom. The molecule has 1 saturated heterocycles. The van der Waals surface area contributed by atoms with Crippen LogP contribution in [0.1, 0.15) is 17.2 Å². The number of nitrogens with one attached hydrogen (secondary N) is 1. The number of benzene rings is 1. The van der Waals surface area contributed by atoms with Crippen LogP contribution in [0.2, 0.25) is 0 Å². The first-order chi connectivity index (χ1) is 14.1. The molecule has 1 aromatic heterocycles. The van der Waals surface area contributed by atoms with Crippen LogP contribution in [-0.2, 0) is 9.59 Å². The average molecular weight is 397 g/mol. The van der Waals surface area contributed by atoms with Gasteiger partial charge in [-0.3, -0.25) is 14.6 Å². The molecule has 1 aliphatic heterocycles. The largest absolute Gasteiger partial charge is 0.507 e. The zero-order chi connectivity index (χ0) is 20.8. The topological polar surface area (TPSA) is 112 Å². The van der Waals surface area contributed by atoms with Gasteiger partial charge in [-0.15, -0.1) is 0 Å². The van der Waals surface area contributed by atoms with Crippen molar-refractivity contribution in [2.45, 2.75) is 6.04 Å². The van der Waals surface area contributed by atoms with E-state index in [0.717, 1.165) is 0 Å². The van der Waals surface area contributed by atoms with E-state index in [-0.39, 0.29) is 24.5 Å². The maximum absolute atomic E-state index is 12.8. The molecule has 0 radical (unpaired) electrons. The van der Waals surface area contributed by atoms with Crippen molar-refractivity contribution in [1.29, 1.82) is 0 Å². The van der Waals surface area contributed by atoms with Crippen LogP contribution in [0.4, 0.5) is 0 Å². The average Bonchev–Trinajstić information content (AvgIpc) is 3.01. The van der Waals surface area contributed by atoms with E-state index >= 15 is 0 Å². The number of methoxy groups -OCH3 is 1. The maximum Gasteiger partial charge on any atom is 0.295 e. The summed E-state index contributed by atoms with van der Waals surface area (Å²) in [7, 11) is 1.54. The van der Waals surface area contributed by atoms with Crippen LogP contribution in [0.5, 0.6) is 5.75 Å². The highest BCUT2D eigenvalue weighted by Gasteiger charge is 2.45. The maximum atomic E-state index is 12.8. The van der Waals surface area contributed by atoms with Crippen molar-refractivity contribution in [3.8, 4) is 5.75 Å². The van der Waals surface area contributed by atoms with Gasteiger partial charge in [-0.2, -0.15) is 0 Å². The summed E-state index contributed by atoms with van der Waals surface area (Å²) in [6, 6.07) is 9.33. The summed E-state index contributed by atoms with van der Waals surface area (Å²) in [5.41, 5.74) is 1.07. The molecule has 2 aromatic rings. The number of rotatable bonds is 8. The van der Waals surface area contributed by atoms with Crippen molar-refractivity contribution in [1.82, 2.24) is 15.2 Å². The molecular weight excluding hydrogens is 374 g/mol. The first-order valence-corrected chi connectivity index (χ1v) is 9.22. The number of likely N-dealkylation sites (tertiary alicyclic amines) is 1. The molecular formula is C21H23N3O5. The monoisotopic (exact) mass is 397 g/mol. The summed E-state index contributed by atoms with van der Waals surface area (Å²) < 4.78 is 5.12. The number of pyridine rings is 1. The first-order valence-electron chi connectivity index (χ1n) is 9.22. The summed E-state index contributed by atoms with van der Waals surface area (Å²) >= 11 is 0. The molecule has 0 bridgehead atoms. The number of carbonyl (C=O) groups excluding carboxylic acids is 2. The van der Waals surface area contributed by atoms with Crippen LogP contribution < -0.4 is 10.1 Å². The highest BCUT2D eigenvalue weighted by Crippen LogP contribution is 2.38. The Morgan fingerprint density at radius 2 is 1.97 bits per heavy atom.